The minimum Gasteiger partial charge on any atom is -0.340 e. The average Bonchev–Trinajstić information content (AvgIpc) is 2.96. The zero-order valence-corrected chi connectivity index (χ0v) is 12.0. The Balaban J connectivity index is 1.92. The molecule has 3 aromatic rings. The summed E-state index contributed by atoms with van der Waals surface area (Å²) >= 11 is 0. The number of aromatic nitrogens is 2. The van der Waals surface area contributed by atoms with E-state index in [2.05, 4.69) is 10.1 Å². The SMILES string of the molecule is Cc1nc(CN2c3cccc4cccc(c34)S2(=O)=O)no1. The van der Waals surface area contributed by atoms with Gasteiger partial charge in [0.1, 0.15) is 0 Å². The van der Waals surface area contributed by atoms with Crippen LogP contribution in [0.2, 0.25) is 0 Å². The summed E-state index contributed by atoms with van der Waals surface area (Å²) in [6.07, 6.45) is 0. The van der Waals surface area contributed by atoms with Crippen LogP contribution in [-0.2, 0) is 16.6 Å². The van der Waals surface area contributed by atoms with Gasteiger partial charge in [0.2, 0.25) is 5.89 Å². The summed E-state index contributed by atoms with van der Waals surface area (Å²) in [6, 6.07) is 10.8. The maximum absolute atomic E-state index is 12.7. The summed E-state index contributed by atoms with van der Waals surface area (Å²) in [4.78, 5) is 4.41. The molecule has 0 bridgehead atoms. The first kappa shape index (κ1) is 12.3. The van der Waals surface area contributed by atoms with Gasteiger partial charge < -0.3 is 4.52 Å². The number of rotatable bonds is 2. The van der Waals surface area contributed by atoms with Crippen LogP contribution >= 0.6 is 0 Å². The smallest absolute Gasteiger partial charge is 0.265 e. The molecule has 0 amide bonds. The van der Waals surface area contributed by atoms with Gasteiger partial charge >= 0.3 is 0 Å². The van der Waals surface area contributed by atoms with E-state index in [1.54, 1.807) is 25.1 Å². The monoisotopic (exact) mass is 301 g/mol. The molecule has 0 radical (unpaired) electrons. The molecular weight excluding hydrogens is 290 g/mol. The quantitative estimate of drug-likeness (QED) is 0.725. The van der Waals surface area contributed by atoms with Crippen molar-refractivity contribution in [2.45, 2.75) is 18.4 Å². The van der Waals surface area contributed by atoms with Gasteiger partial charge in [-0.25, -0.2) is 8.42 Å². The molecule has 7 heteroatoms. The summed E-state index contributed by atoms with van der Waals surface area (Å²) in [5.74, 6) is 0.762. The van der Waals surface area contributed by atoms with Crippen LogP contribution in [-0.4, -0.2) is 18.6 Å². The number of hydrogen-bond donors (Lipinski definition) is 0. The van der Waals surface area contributed by atoms with Crippen molar-refractivity contribution in [2.75, 3.05) is 4.31 Å². The predicted octanol–water partition coefficient (Wildman–Crippen LogP) is 2.24. The van der Waals surface area contributed by atoms with Gasteiger partial charge in [0.15, 0.2) is 5.82 Å². The highest BCUT2D eigenvalue weighted by Gasteiger charge is 2.36. The fraction of sp³-hybridized carbons (Fsp3) is 0.143. The van der Waals surface area contributed by atoms with E-state index in [1.165, 1.54) is 4.31 Å². The van der Waals surface area contributed by atoms with E-state index in [1.807, 2.05) is 18.2 Å². The number of anilines is 1. The Kier molecular flexibility index (Phi) is 2.38. The molecule has 0 N–H and O–H groups in total. The van der Waals surface area contributed by atoms with Crippen molar-refractivity contribution < 1.29 is 12.9 Å². The first-order valence-electron chi connectivity index (χ1n) is 6.41. The molecule has 0 atom stereocenters. The second-order valence-electron chi connectivity index (χ2n) is 4.87. The average molecular weight is 301 g/mol. The molecule has 0 aliphatic carbocycles. The molecule has 1 aliphatic heterocycles. The number of aryl methyl sites for hydroxylation is 1. The van der Waals surface area contributed by atoms with Crippen LogP contribution in [0.25, 0.3) is 10.8 Å². The number of nitrogens with zero attached hydrogens (tertiary/aromatic N) is 3. The van der Waals surface area contributed by atoms with Crippen LogP contribution in [0, 0.1) is 6.92 Å². The van der Waals surface area contributed by atoms with Gasteiger partial charge in [-0.05, 0) is 17.5 Å². The molecule has 0 fully saturated rings. The second-order valence-corrected chi connectivity index (χ2v) is 6.70. The Hall–Kier alpha value is -2.41. The molecule has 106 valence electrons. The number of sulfonamides is 1. The summed E-state index contributed by atoms with van der Waals surface area (Å²) in [6.45, 7) is 1.73. The highest BCUT2D eigenvalue weighted by atomic mass is 32.2. The van der Waals surface area contributed by atoms with E-state index in [-0.39, 0.29) is 6.54 Å². The van der Waals surface area contributed by atoms with Gasteiger partial charge in [-0.3, -0.25) is 4.31 Å². The van der Waals surface area contributed by atoms with E-state index in [9.17, 15) is 8.42 Å². The standard InChI is InChI=1S/C14H11N3O3S/c1-9-15-13(16-20-9)8-17-11-6-2-4-10-5-3-7-12(14(10)11)21(17,18)19/h2-7H,8H2,1H3. The first-order valence-corrected chi connectivity index (χ1v) is 7.85. The number of hydrogen-bond acceptors (Lipinski definition) is 5. The van der Waals surface area contributed by atoms with E-state index in [4.69, 9.17) is 4.52 Å². The van der Waals surface area contributed by atoms with E-state index >= 15 is 0 Å². The van der Waals surface area contributed by atoms with Crippen molar-refractivity contribution in [3.8, 4) is 0 Å². The fourth-order valence-electron chi connectivity index (χ4n) is 2.66. The van der Waals surface area contributed by atoms with Crippen molar-refractivity contribution in [1.82, 2.24) is 10.1 Å². The Bertz CT molecular complexity index is 957. The molecule has 0 saturated heterocycles. The molecule has 0 saturated carbocycles. The van der Waals surface area contributed by atoms with E-state index in [0.717, 1.165) is 10.8 Å². The first-order chi connectivity index (χ1) is 10.1. The van der Waals surface area contributed by atoms with Crippen LogP contribution in [0.5, 0.6) is 0 Å². The minimum atomic E-state index is -3.58. The Morgan fingerprint density at radius 2 is 1.95 bits per heavy atom. The second kappa shape index (κ2) is 4.05. The maximum atomic E-state index is 12.7. The van der Waals surface area contributed by atoms with Crippen LogP contribution in [0.15, 0.2) is 45.8 Å². The highest BCUT2D eigenvalue weighted by Crippen LogP contribution is 2.42. The van der Waals surface area contributed by atoms with Gasteiger partial charge in [0, 0.05) is 12.3 Å². The highest BCUT2D eigenvalue weighted by molar-refractivity contribution is 7.93. The third-order valence-electron chi connectivity index (χ3n) is 3.54. The lowest BCUT2D eigenvalue weighted by atomic mass is 10.1. The van der Waals surface area contributed by atoms with Gasteiger partial charge in [-0.1, -0.05) is 29.4 Å². The van der Waals surface area contributed by atoms with Crippen LogP contribution in [0.4, 0.5) is 5.69 Å². The summed E-state index contributed by atoms with van der Waals surface area (Å²) in [5, 5.41) is 5.43. The molecule has 1 aliphatic rings. The number of benzene rings is 2. The van der Waals surface area contributed by atoms with Crippen LogP contribution < -0.4 is 4.31 Å². The summed E-state index contributed by atoms with van der Waals surface area (Å²) < 4.78 is 31.7. The third kappa shape index (κ3) is 1.67. The Morgan fingerprint density at radius 3 is 2.67 bits per heavy atom. The zero-order valence-electron chi connectivity index (χ0n) is 11.1. The lowest BCUT2D eigenvalue weighted by Crippen LogP contribution is -2.27. The summed E-state index contributed by atoms with van der Waals surface area (Å²) in [7, 11) is -3.58. The van der Waals surface area contributed by atoms with Crippen LogP contribution in [0.1, 0.15) is 11.7 Å². The molecule has 4 rings (SSSR count). The van der Waals surface area contributed by atoms with Crippen molar-refractivity contribution >= 4 is 26.5 Å². The van der Waals surface area contributed by atoms with Crippen molar-refractivity contribution in [1.29, 1.82) is 0 Å². The third-order valence-corrected chi connectivity index (χ3v) is 5.34. The molecule has 6 nitrogen and oxygen atoms in total. The van der Waals surface area contributed by atoms with E-state index < -0.39 is 10.0 Å². The Labute approximate surface area is 121 Å². The van der Waals surface area contributed by atoms with Crippen molar-refractivity contribution in [3.63, 3.8) is 0 Å². The van der Waals surface area contributed by atoms with Crippen LogP contribution in [0.3, 0.4) is 0 Å². The summed E-state index contributed by atoms with van der Waals surface area (Å²) in [5.41, 5.74) is 0.658. The molecule has 0 spiro atoms. The predicted molar refractivity (Wildman–Crippen MR) is 76.4 cm³/mol. The lowest BCUT2D eigenvalue weighted by molar-refractivity contribution is 0.387. The van der Waals surface area contributed by atoms with Gasteiger partial charge in [0.25, 0.3) is 10.0 Å². The topological polar surface area (TPSA) is 76.3 Å². The van der Waals surface area contributed by atoms with Gasteiger partial charge in [0.05, 0.1) is 17.1 Å². The fourth-order valence-corrected chi connectivity index (χ4v) is 4.33. The molecule has 21 heavy (non-hydrogen) atoms. The largest absolute Gasteiger partial charge is 0.340 e. The molecule has 2 aromatic carbocycles. The zero-order chi connectivity index (χ0) is 14.6. The Morgan fingerprint density at radius 1 is 1.19 bits per heavy atom. The molecule has 2 heterocycles. The minimum absolute atomic E-state index is 0.0630. The van der Waals surface area contributed by atoms with Crippen molar-refractivity contribution in [2.24, 2.45) is 0 Å². The molecule has 1 aromatic heterocycles. The maximum Gasteiger partial charge on any atom is 0.265 e. The van der Waals surface area contributed by atoms with Crippen molar-refractivity contribution in [3.05, 3.63) is 48.1 Å². The molecular formula is C14H11N3O3S. The van der Waals surface area contributed by atoms with E-state index in [0.29, 0.717) is 22.3 Å². The van der Waals surface area contributed by atoms with Gasteiger partial charge in [-0.15, -0.1) is 0 Å². The van der Waals surface area contributed by atoms with Gasteiger partial charge in [-0.2, -0.15) is 4.98 Å². The molecule has 0 unspecified atom stereocenters. The lowest BCUT2D eigenvalue weighted by Gasteiger charge is -2.16. The normalized spacial score (nSPS) is 15.8.